The van der Waals surface area contributed by atoms with Crippen molar-refractivity contribution in [1.29, 1.82) is 0 Å². The van der Waals surface area contributed by atoms with Crippen LogP contribution in [-0.2, 0) is 17.6 Å². The molecule has 0 N–H and O–H groups in total. The highest BCUT2D eigenvalue weighted by molar-refractivity contribution is 5.78. The summed E-state index contributed by atoms with van der Waals surface area (Å²) in [6.07, 6.45) is 5.12. The molecule has 0 aliphatic heterocycles. The van der Waals surface area contributed by atoms with Crippen LogP contribution in [0.4, 0.5) is 0 Å². The molecule has 1 unspecified atom stereocenters. The average molecular weight is 403 g/mol. The van der Waals surface area contributed by atoms with E-state index >= 15 is 0 Å². The van der Waals surface area contributed by atoms with E-state index in [1.165, 1.54) is 11.1 Å². The summed E-state index contributed by atoms with van der Waals surface area (Å²) in [5, 5.41) is 4.07. The van der Waals surface area contributed by atoms with Crippen molar-refractivity contribution in [2.24, 2.45) is 0 Å². The lowest BCUT2D eigenvalue weighted by molar-refractivity contribution is -0.134. The molecule has 6 nitrogen and oxygen atoms in total. The quantitative estimate of drug-likeness (QED) is 0.586. The first-order chi connectivity index (χ1) is 14.7. The van der Waals surface area contributed by atoms with E-state index in [0.29, 0.717) is 30.6 Å². The van der Waals surface area contributed by atoms with E-state index in [-0.39, 0.29) is 11.9 Å². The third-order valence-electron chi connectivity index (χ3n) is 6.03. The van der Waals surface area contributed by atoms with Crippen molar-refractivity contribution in [3.8, 4) is 17.1 Å². The largest absolute Gasteiger partial charge is 0.497 e. The molecule has 1 saturated carbocycles. The molecule has 30 heavy (non-hydrogen) atoms. The van der Waals surface area contributed by atoms with Gasteiger partial charge in [-0.3, -0.25) is 4.79 Å². The van der Waals surface area contributed by atoms with Crippen LogP contribution >= 0.6 is 0 Å². The molecule has 1 heterocycles. The Balaban J connectivity index is 1.26. The van der Waals surface area contributed by atoms with Crippen molar-refractivity contribution in [2.45, 2.75) is 50.6 Å². The summed E-state index contributed by atoms with van der Waals surface area (Å²) >= 11 is 0. The van der Waals surface area contributed by atoms with Crippen LogP contribution in [0.2, 0.25) is 0 Å². The summed E-state index contributed by atoms with van der Waals surface area (Å²) in [4.78, 5) is 19.8. The zero-order valence-corrected chi connectivity index (χ0v) is 17.1. The summed E-state index contributed by atoms with van der Waals surface area (Å²) in [6, 6.07) is 16.6. The minimum Gasteiger partial charge on any atom is -0.497 e. The van der Waals surface area contributed by atoms with Crippen molar-refractivity contribution in [2.75, 3.05) is 7.11 Å². The number of nitrogens with zero attached hydrogens (tertiary/aromatic N) is 3. The van der Waals surface area contributed by atoms with Crippen LogP contribution in [0.3, 0.4) is 0 Å². The second-order valence-electron chi connectivity index (χ2n) is 8.03. The molecule has 5 rings (SSSR count). The first-order valence-electron chi connectivity index (χ1n) is 10.6. The van der Waals surface area contributed by atoms with Crippen LogP contribution in [0.1, 0.15) is 48.7 Å². The minimum absolute atomic E-state index is 0.184. The molecule has 2 aliphatic carbocycles. The number of aryl methyl sites for hydroxylation is 2. The first kappa shape index (κ1) is 18.9. The SMILES string of the molecule is COc1ccc(-c2noc(CCC(=O)N(C3CC3)C3CCc4ccccc43)n2)cc1. The number of ether oxygens (including phenoxy) is 1. The van der Waals surface area contributed by atoms with E-state index in [1.807, 2.05) is 24.3 Å². The fourth-order valence-corrected chi connectivity index (χ4v) is 4.36. The van der Waals surface area contributed by atoms with Gasteiger partial charge in [0.05, 0.1) is 13.2 Å². The fraction of sp³-hybridized carbons (Fsp3) is 0.375. The summed E-state index contributed by atoms with van der Waals surface area (Å²) in [7, 11) is 1.63. The molecule has 154 valence electrons. The number of methoxy groups -OCH3 is 1. The molecular weight excluding hydrogens is 378 g/mol. The number of rotatable bonds is 7. The van der Waals surface area contributed by atoms with Crippen LogP contribution in [-0.4, -0.2) is 34.1 Å². The monoisotopic (exact) mass is 403 g/mol. The van der Waals surface area contributed by atoms with Crippen molar-refractivity contribution in [3.05, 3.63) is 65.5 Å². The van der Waals surface area contributed by atoms with Crippen molar-refractivity contribution in [1.82, 2.24) is 15.0 Å². The molecule has 6 heteroatoms. The Labute approximate surface area is 175 Å². The van der Waals surface area contributed by atoms with Gasteiger partial charge in [-0.15, -0.1) is 0 Å². The van der Waals surface area contributed by atoms with Gasteiger partial charge in [0, 0.05) is 24.4 Å². The van der Waals surface area contributed by atoms with Gasteiger partial charge in [-0.2, -0.15) is 4.98 Å². The zero-order chi connectivity index (χ0) is 20.5. The van der Waals surface area contributed by atoms with Crippen molar-refractivity contribution < 1.29 is 14.1 Å². The topological polar surface area (TPSA) is 68.5 Å². The van der Waals surface area contributed by atoms with Gasteiger partial charge < -0.3 is 14.2 Å². The molecule has 2 aromatic carbocycles. The first-order valence-corrected chi connectivity index (χ1v) is 10.6. The Bertz CT molecular complexity index is 1040. The standard InChI is InChI=1S/C24H25N3O3/c1-29-19-11-6-17(7-12-19)24-25-22(30-26-24)14-15-23(28)27(18-9-10-18)21-13-8-16-4-2-3-5-20(16)21/h2-7,11-12,18,21H,8-10,13-15H2,1H3. The number of carbonyl (C=O) groups is 1. The molecular formula is C24H25N3O3. The highest BCUT2D eigenvalue weighted by atomic mass is 16.5. The number of amides is 1. The van der Waals surface area contributed by atoms with E-state index in [9.17, 15) is 4.79 Å². The van der Waals surface area contributed by atoms with Crippen LogP contribution in [0.15, 0.2) is 53.1 Å². The van der Waals surface area contributed by atoms with Crippen LogP contribution in [0.25, 0.3) is 11.4 Å². The predicted octanol–water partition coefficient (Wildman–Crippen LogP) is 4.36. The van der Waals surface area contributed by atoms with Crippen LogP contribution in [0, 0.1) is 0 Å². The average Bonchev–Trinajstić information content (AvgIpc) is 3.35. The zero-order valence-electron chi connectivity index (χ0n) is 17.1. The molecule has 0 saturated heterocycles. The fourth-order valence-electron chi connectivity index (χ4n) is 4.36. The number of fused-ring (bicyclic) bond motifs is 1. The van der Waals surface area contributed by atoms with Gasteiger partial charge >= 0.3 is 0 Å². The third-order valence-corrected chi connectivity index (χ3v) is 6.03. The number of hydrogen-bond acceptors (Lipinski definition) is 5. The van der Waals surface area contributed by atoms with E-state index in [2.05, 4.69) is 39.3 Å². The maximum absolute atomic E-state index is 13.2. The molecule has 1 atom stereocenters. The lowest BCUT2D eigenvalue weighted by Gasteiger charge is -2.30. The number of hydrogen-bond donors (Lipinski definition) is 0. The van der Waals surface area contributed by atoms with Crippen molar-refractivity contribution >= 4 is 5.91 Å². The second-order valence-corrected chi connectivity index (χ2v) is 8.03. The smallest absolute Gasteiger partial charge is 0.227 e. The van der Waals surface area contributed by atoms with Gasteiger partial charge in [-0.25, -0.2) is 0 Å². The molecule has 0 spiro atoms. The summed E-state index contributed by atoms with van der Waals surface area (Å²) < 4.78 is 10.6. The third kappa shape index (κ3) is 3.70. The number of benzene rings is 2. The van der Waals surface area contributed by atoms with Crippen LogP contribution < -0.4 is 4.74 Å². The van der Waals surface area contributed by atoms with Gasteiger partial charge in [0.2, 0.25) is 17.6 Å². The molecule has 1 amide bonds. The molecule has 2 aliphatic rings. The van der Waals surface area contributed by atoms with Gasteiger partial charge in [0.15, 0.2) is 0 Å². The number of carbonyl (C=O) groups excluding carboxylic acids is 1. The summed E-state index contributed by atoms with van der Waals surface area (Å²) in [6.45, 7) is 0. The highest BCUT2D eigenvalue weighted by Gasteiger charge is 2.40. The maximum atomic E-state index is 13.2. The highest BCUT2D eigenvalue weighted by Crippen LogP contribution is 2.42. The van der Waals surface area contributed by atoms with Gasteiger partial charge in [0.1, 0.15) is 5.75 Å². The molecule has 0 radical (unpaired) electrons. The van der Waals surface area contributed by atoms with Crippen LogP contribution in [0.5, 0.6) is 5.75 Å². The van der Waals surface area contributed by atoms with E-state index in [0.717, 1.165) is 37.0 Å². The Morgan fingerprint density at radius 3 is 2.70 bits per heavy atom. The van der Waals surface area contributed by atoms with E-state index < -0.39 is 0 Å². The molecule has 1 fully saturated rings. The minimum atomic E-state index is 0.184. The maximum Gasteiger partial charge on any atom is 0.227 e. The number of aromatic nitrogens is 2. The molecule has 1 aromatic heterocycles. The van der Waals surface area contributed by atoms with Gasteiger partial charge in [-0.05, 0) is 61.1 Å². The Kier molecular flexibility index (Phi) is 4.99. The predicted molar refractivity (Wildman–Crippen MR) is 112 cm³/mol. The second kappa shape index (κ2) is 7.94. The normalized spacial score (nSPS) is 17.6. The van der Waals surface area contributed by atoms with Gasteiger partial charge in [0.25, 0.3) is 0 Å². The van der Waals surface area contributed by atoms with Gasteiger partial charge in [-0.1, -0.05) is 29.4 Å². The Morgan fingerprint density at radius 2 is 1.93 bits per heavy atom. The molecule has 3 aromatic rings. The molecule has 0 bridgehead atoms. The van der Waals surface area contributed by atoms with E-state index in [1.54, 1.807) is 7.11 Å². The summed E-state index contributed by atoms with van der Waals surface area (Å²) in [5.41, 5.74) is 3.55. The Hall–Kier alpha value is -3.15. The van der Waals surface area contributed by atoms with E-state index in [4.69, 9.17) is 9.26 Å². The lowest BCUT2D eigenvalue weighted by Crippen LogP contribution is -2.36. The Morgan fingerprint density at radius 1 is 1.13 bits per heavy atom. The summed E-state index contributed by atoms with van der Waals surface area (Å²) in [5.74, 6) is 1.99. The lowest BCUT2D eigenvalue weighted by atomic mass is 10.1. The van der Waals surface area contributed by atoms with Crippen molar-refractivity contribution in [3.63, 3.8) is 0 Å².